The Kier molecular flexibility index (Phi) is 6.49. The van der Waals surface area contributed by atoms with Gasteiger partial charge in [0.25, 0.3) is 0 Å². The zero-order valence-electron chi connectivity index (χ0n) is 15.4. The number of guanidine groups is 1. The highest BCUT2D eigenvalue weighted by atomic mass is 16.5. The lowest BCUT2D eigenvalue weighted by Gasteiger charge is -2.26. The number of hydrogen-bond donors (Lipinski definition) is 2. The van der Waals surface area contributed by atoms with Crippen LogP contribution in [0.15, 0.2) is 46.0 Å². The molecule has 1 unspecified atom stereocenters. The van der Waals surface area contributed by atoms with E-state index >= 15 is 0 Å². The van der Waals surface area contributed by atoms with Gasteiger partial charge in [-0.2, -0.15) is 0 Å². The monoisotopic (exact) mass is 357 g/mol. The van der Waals surface area contributed by atoms with Crippen molar-refractivity contribution in [1.82, 2.24) is 20.5 Å². The fourth-order valence-corrected chi connectivity index (χ4v) is 3.20. The molecule has 0 saturated carbocycles. The minimum absolute atomic E-state index is 0.209. The number of pyridine rings is 1. The van der Waals surface area contributed by atoms with Gasteiger partial charge in [-0.05, 0) is 44.1 Å². The maximum Gasteiger partial charge on any atom is 0.213 e. The molecule has 1 fully saturated rings. The van der Waals surface area contributed by atoms with Crippen LogP contribution in [0.25, 0.3) is 0 Å². The van der Waals surface area contributed by atoms with Gasteiger partial charge in [0.05, 0.1) is 31.7 Å². The molecule has 3 heterocycles. The van der Waals surface area contributed by atoms with Gasteiger partial charge >= 0.3 is 0 Å². The molecular formula is C19H27N5O2. The third kappa shape index (κ3) is 4.76. The van der Waals surface area contributed by atoms with Crippen LogP contribution < -0.4 is 15.4 Å². The summed E-state index contributed by atoms with van der Waals surface area (Å²) in [4.78, 5) is 11.2. The van der Waals surface area contributed by atoms with Crippen molar-refractivity contribution in [2.75, 3.05) is 33.8 Å². The molecule has 7 heteroatoms. The summed E-state index contributed by atoms with van der Waals surface area (Å²) in [5, 5.41) is 6.71. The predicted octanol–water partition coefficient (Wildman–Crippen LogP) is 2.19. The van der Waals surface area contributed by atoms with E-state index < -0.39 is 0 Å². The van der Waals surface area contributed by atoms with Crippen LogP contribution in [0.1, 0.15) is 30.3 Å². The topological polar surface area (TPSA) is 74.9 Å². The summed E-state index contributed by atoms with van der Waals surface area (Å²) in [6.45, 7) is 3.52. The molecule has 2 N–H and O–H groups in total. The summed E-state index contributed by atoms with van der Waals surface area (Å²) in [7, 11) is 3.39. The van der Waals surface area contributed by atoms with Crippen molar-refractivity contribution in [3.63, 3.8) is 0 Å². The van der Waals surface area contributed by atoms with Gasteiger partial charge in [0.1, 0.15) is 5.76 Å². The molecule has 1 aliphatic rings. The van der Waals surface area contributed by atoms with Crippen LogP contribution in [0.3, 0.4) is 0 Å². The smallest absolute Gasteiger partial charge is 0.213 e. The van der Waals surface area contributed by atoms with E-state index in [4.69, 9.17) is 9.15 Å². The maximum atomic E-state index is 5.66. The Hall–Kier alpha value is -2.54. The zero-order chi connectivity index (χ0) is 18.2. The molecule has 1 aliphatic heterocycles. The number of methoxy groups -OCH3 is 1. The Morgan fingerprint density at radius 1 is 1.27 bits per heavy atom. The summed E-state index contributed by atoms with van der Waals surface area (Å²) in [5.74, 6) is 2.34. The van der Waals surface area contributed by atoms with Gasteiger partial charge < -0.3 is 19.8 Å². The highest BCUT2D eigenvalue weighted by molar-refractivity contribution is 5.79. The van der Waals surface area contributed by atoms with Crippen LogP contribution in [-0.2, 0) is 6.54 Å². The predicted molar refractivity (Wildman–Crippen MR) is 101 cm³/mol. The van der Waals surface area contributed by atoms with Crippen molar-refractivity contribution < 1.29 is 9.15 Å². The average molecular weight is 357 g/mol. The molecule has 0 aromatic carbocycles. The first-order valence-corrected chi connectivity index (χ1v) is 9.02. The second-order valence-corrected chi connectivity index (χ2v) is 6.25. The van der Waals surface area contributed by atoms with Gasteiger partial charge in [-0.15, -0.1) is 0 Å². The molecule has 1 atom stereocenters. The van der Waals surface area contributed by atoms with E-state index in [1.54, 1.807) is 20.4 Å². The number of likely N-dealkylation sites (tertiary alicyclic amines) is 1. The number of nitrogens with one attached hydrogen (secondary N) is 2. The first-order valence-electron chi connectivity index (χ1n) is 9.02. The van der Waals surface area contributed by atoms with Gasteiger partial charge in [-0.25, -0.2) is 4.98 Å². The largest absolute Gasteiger partial charge is 0.481 e. The molecule has 0 radical (unpaired) electrons. The normalized spacial score (nSPS) is 16.5. The van der Waals surface area contributed by atoms with Gasteiger partial charge in [0, 0.05) is 19.7 Å². The quantitative estimate of drug-likeness (QED) is 0.584. The molecule has 140 valence electrons. The number of nitrogens with zero attached hydrogens (tertiary/aromatic N) is 3. The van der Waals surface area contributed by atoms with Crippen molar-refractivity contribution in [3.8, 4) is 5.88 Å². The summed E-state index contributed by atoms with van der Waals surface area (Å²) >= 11 is 0. The molecule has 26 heavy (non-hydrogen) atoms. The van der Waals surface area contributed by atoms with Crippen LogP contribution in [0.5, 0.6) is 5.88 Å². The first kappa shape index (κ1) is 18.3. The second kappa shape index (κ2) is 9.24. The Labute approximate surface area is 154 Å². The molecular weight excluding hydrogens is 330 g/mol. The molecule has 2 aromatic heterocycles. The standard InChI is InChI=1S/C19H27N5O2/c1-20-19(21-13-15-7-5-9-18(23-15)25-2)22-14-16(17-8-6-12-26-17)24-10-3-4-11-24/h5-9,12,16H,3-4,10-11,13-14H2,1-2H3,(H2,20,21,22). The van der Waals surface area contributed by atoms with E-state index in [0.717, 1.165) is 37.0 Å². The molecule has 0 aliphatic carbocycles. The molecule has 0 spiro atoms. The third-order valence-corrected chi connectivity index (χ3v) is 4.57. The van der Waals surface area contributed by atoms with Crippen LogP contribution in [0, 0.1) is 0 Å². The fourth-order valence-electron chi connectivity index (χ4n) is 3.20. The van der Waals surface area contributed by atoms with E-state index in [9.17, 15) is 0 Å². The van der Waals surface area contributed by atoms with Gasteiger partial charge in [0.15, 0.2) is 5.96 Å². The van der Waals surface area contributed by atoms with Crippen molar-refractivity contribution >= 4 is 5.96 Å². The Bertz CT molecular complexity index is 696. The number of rotatable bonds is 7. The lowest BCUT2D eigenvalue weighted by atomic mass is 10.2. The van der Waals surface area contributed by atoms with E-state index in [-0.39, 0.29) is 6.04 Å². The molecule has 7 nitrogen and oxygen atoms in total. The van der Waals surface area contributed by atoms with Gasteiger partial charge in [-0.3, -0.25) is 9.89 Å². The molecule has 0 bridgehead atoms. The zero-order valence-corrected chi connectivity index (χ0v) is 15.4. The molecule has 0 amide bonds. The van der Waals surface area contributed by atoms with Crippen molar-refractivity contribution in [3.05, 3.63) is 48.0 Å². The lowest BCUT2D eigenvalue weighted by molar-refractivity contribution is 0.215. The number of aromatic nitrogens is 1. The summed E-state index contributed by atoms with van der Waals surface area (Å²) in [5.41, 5.74) is 0.898. The van der Waals surface area contributed by atoms with E-state index in [2.05, 4.69) is 25.5 Å². The van der Waals surface area contributed by atoms with Gasteiger partial charge in [-0.1, -0.05) is 6.07 Å². The maximum absolute atomic E-state index is 5.66. The van der Waals surface area contributed by atoms with Crippen LogP contribution >= 0.6 is 0 Å². The minimum Gasteiger partial charge on any atom is -0.481 e. The van der Waals surface area contributed by atoms with E-state index in [1.165, 1.54) is 12.8 Å². The van der Waals surface area contributed by atoms with Crippen molar-refractivity contribution in [2.24, 2.45) is 4.99 Å². The van der Waals surface area contributed by atoms with E-state index in [0.29, 0.717) is 12.4 Å². The average Bonchev–Trinajstić information content (AvgIpc) is 3.39. The SMILES string of the molecule is CN=C(NCc1cccc(OC)n1)NCC(c1ccco1)N1CCCC1. The van der Waals surface area contributed by atoms with E-state index in [1.807, 2.05) is 30.3 Å². The van der Waals surface area contributed by atoms with Crippen LogP contribution in [0.2, 0.25) is 0 Å². The van der Waals surface area contributed by atoms with Crippen LogP contribution in [-0.4, -0.2) is 49.6 Å². The second-order valence-electron chi connectivity index (χ2n) is 6.25. The first-order chi connectivity index (χ1) is 12.8. The minimum atomic E-state index is 0.209. The Balaban J connectivity index is 1.56. The van der Waals surface area contributed by atoms with Crippen molar-refractivity contribution in [1.29, 1.82) is 0 Å². The fraction of sp³-hybridized carbons (Fsp3) is 0.474. The number of furan rings is 1. The van der Waals surface area contributed by atoms with Gasteiger partial charge in [0.2, 0.25) is 5.88 Å². The Morgan fingerprint density at radius 3 is 2.81 bits per heavy atom. The molecule has 3 rings (SSSR count). The van der Waals surface area contributed by atoms with Crippen LogP contribution in [0.4, 0.5) is 0 Å². The summed E-state index contributed by atoms with van der Waals surface area (Å²) in [6, 6.07) is 9.92. The number of ether oxygens (including phenoxy) is 1. The number of hydrogen-bond acceptors (Lipinski definition) is 5. The Morgan fingerprint density at radius 2 is 2.12 bits per heavy atom. The summed E-state index contributed by atoms with van der Waals surface area (Å²) < 4.78 is 10.8. The summed E-state index contributed by atoms with van der Waals surface area (Å²) in [6.07, 6.45) is 4.22. The number of aliphatic imine (C=N–C) groups is 1. The highest BCUT2D eigenvalue weighted by Gasteiger charge is 2.25. The third-order valence-electron chi connectivity index (χ3n) is 4.57. The molecule has 2 aromatic rings. The van der Waals surface area contributed by atoms with Crippen molar-refractivity contribution in [2.45, 2.75) is 25.4 Å². The highest BCUT2D eigenvalue weighted by Crippen LogP contribution is 2.24. The lowest BCUT2D eigenvalue weighted by Crippen LogP contribution is -2.42. The molecule has 1 saturated heterocycles.